The Balaban J connectivity index is 0.00000420. The third-order valence-corrected chi connectivity index (χ3v) is 4.55. The molecule has 0 bridgehead atoms. The number of rotatable bonds is 6. The highest BCUT2D eigenvalue weighted by atomic mass is 127. The van der Waals surface area contributed by atoms with Crippen LogP contribution in [0, 0.1) is 5.92 Å². The van der Waals surface area contributed by atoms with Gasteiger partial charge in [-0.1, -0.05) is 12.1 Å². The highest BCUT2D eigenvalue weighted by Gasteiger charge is 2.27. The van der Waals surface area contributed by atoms with Crippen LogP contribution in [0.2, 0.25) is 0 Å². The van der Waals surface area contributed by atoms with Crippen LogP contribution >= 0.6 is 24.0 Å². The Labute approximate surface area is 189 Å². The number of ether oxygens (including phenoxy) is 2. The Morgan fingerprint density at radius 1 is 1.17 bits per heavy atom. The van der Waals surface area contributed by atoms with Gasteiger partial charge >= 0.3 is 12.1 Å². The lowest BCUT2D eigenvalue weighted by Crippen LogP contribution is -2.46. The van der Waals surface area contributed by atoms with Gasteiger partial charge in [0.2, 0.25) is 0 Å². The Kier molecular flexibility index (Phi) is 11.4. The number of halogens is 1. The summed E-state index contributed by atoms with van der Waals surface area (Å²) in [6.45, 7) is 7.15. The van der Waals surface area contributed by atoms with Crippen molar-refractivity contribution in [2.45, 2.75) is 33.2 Å². The molecule has 1 fully saturated rings. The zero-order valence-corrected chi connectivity index (χ0v) is 19.6. The van der Waals surface area contributed by atoms with Crippen LogP contribution in [0.5, 0.6) is 0 Å². The number of aliphatic imine (C=N–C) groups is 1. The normalized spacial score (nSPS) is 14.6. The number of esters is 1. The molecule has 9 heteroatoms. The van der Waals surface area contributed by atoms with Crippen molar-refractivity contribution in [3.8, 4) is 0 Å². The van der Waals surface area contributed by atoms with Crippen LogP contribution in [0.1, 0.15) is 32.3 Å². The number of benzene rings is 1. The molecule has 29 heavy (non-hydrogen) atoms. The molecule has 1 saturated heterocycles. The summed E-state index contributed by atoms with van der Waals surface area (Å²) in [6.07, 6.45) is 1.06. The highest BCUT2D eigenvalue weighted by molar-refractivity contribution is 14.0. The van der Waals surface area contributed by atoms with Crippen LogP contribution < -0.4 is 10.6 Å². The Morgan fingerprint density at radius 2 is 1.83 bits per heavy atom. The van der Waals surface area contributed by atoms with Crippen LogP contribution in [0.25, 0.3) is 0 Å². The standard InChI is InChI=1S/C20H30N4O4.HI/c1-4-21-19(24-12-10-16(11-13-24)18(25)28-5-2)22-14-15-6-8-17(9-7-15)23-20(26)27-3;/h6-9,16H,4-5,10-14H2,1-3H3,(H,21,22)(H,23,26);1H. The van der Waals surface area contributed by atoms with Crippen LogP contribution in [0.15, 0.2) is 29.3 Å². The molecule has 0 saturated carbocycles. The molecule has 0 spiro atoms. The van der Waals surface area contributed by atoms with Gasteiger partial charge in [-0.3, -0.25) is 10.1 Å². The second-order valence-corrected chi connectivity index (χ2v) is 6.50. The van der Waals surface area contributed by atoms with Crippen LogP contribution in [0.3, 0.4) is 0 Å². The molecule has 2 N–H and O–H groups in total. The lowest BCUT2D eigenvalue weighted by molar-refractivity contribution is -0.149. The van der Waals surface area contributed by atoms with E-state index in [-0.39, 0.29) is 35.9 Å². The minimum absolute atomic E-state index is 0. The van der Waals surface area contributed by atoms with Crippen molar-refractivity contribution in [1.82, 2.24) is 10.2 Å². The van der Waals surface area contributed by atoms with E-state index in [9.17, 15) is 9.59 Å². The van der Waals surface area contributed by atoms with Crippen LogP contribution in [-0.2, 0) is 20.8 Å². The Morgan fingerprint density at radius 3 is 2.38 bits per heavy atom. The van der Waals surface area contributed by atoms with E-state index >= 15 is 0 Å². The van der Waals surface area contributed by atoms with Crippen molar-refractivity contribution in [3.63, 3.8) is 0 Å². The average Bonchev–Trinajstić information content (AvgIpc) is 2.72. The fraction of sp³-hybridized carbons (Fsp3) is 0.550. The van der Waals surface area contributed by atoms with Crippen molar-refractivity contribution in [2.75, 3.05) is 38.7 Å². The fourth-order valence-corrected chi connectivity index (χ4v) is 3.04. The smallest absolute Gasteiger partial charge is 0.411 e. The zero-order valence-electron chi connectivity index (χ0n) is 17.3. The molecule has 2 rings (SSSR count). The summed E-state index contributed by atoms with van der Waals surface area (Å²) in [5, 5.41) is 5.95. The third kappa shape index (κ3) is 8.08. The highest BCUT2D eigenvalue weighted by Crippen LogP contribution is 2.19. The molecule has 1 aliphatic heterocycles. The van der Waals surface area contributed by atoms with E-state index in [0.717, 1.165) is 44.0 Å². The first-order valence-corrected chi connectivity index (χ1v) is 9.71. The molecule has 1 aliphatic rings. The predicted octanol–water partition coefficient (Wildman–Crippen LogP) is 3.22. The molecule has 162 valence electrons. The molecule has 0 radical (unpaired) electrons. The molecule has 1 heterocycles. The topological polar surface area (TPSA) is 92.3 Å². The molecule has 8 nitrogen and oxygen atoms in total. The van der Waals surface area contributed by atoms with Crippen molar-refractivity contribution < 1.29 is 19.1 Å². The number of amides is 1. The first-order valence-electron chi connectivity index (χ1n) is 9.71. The van der Waals surface area contributed by atoms with Crippen molar-refractivity contribution in [1.29, 1.82) is 0 Å². The molecule has 0 atom stereocenters. The lowest BCUT2D eigenvalue weighted by atomic mass is 9.97. The van der Waals surface area contributed by atoms with Crippen molar-refractivity contribution in [2.24, 2.45) is 10.9 Å². The van der Waals surface area contributed by atoms with E-state index in [0.29, 0.717) is 18.8 Å². The monoisotopic (exact) mass is 518 g/mol. The molecular formula is C20H31IN4O4. The van der Waals surface area contributed by atoms with Gasteiger partial charge in [-0.15, -0.1) is 24.0 Å². The van der Waals surface area contributed by atoms with Gasteiger partial charge in [0.25, 0.3) is 0 Å². The first-order chi connectivity index (χ1) is 13.6. The van der Waals surface area contributed by atoms with E-state index in [1.54, 1.807) is 0 Å². The summed E-state index contributed by atoms with van der Waals surface area (Å²) in [4.78, 5) is 30.0. The van der Waals surface area contributed by atoms with Crippen molar-refractivity contribution >= 4 is 47.7 Å². The number of nitrogens with zero attached hydrogens (tertiary/aromatic N) is 2. The molecular weight excluding hydrogens is 487 g/mol. The quantitative estimate of drug-likeness (QED) is 0.260. The molecule has 0 unspecified atom stereocenters. The second kappa shape index (κ2) is 13.2. The van der Waals surface area contributed by atoms with Gasteiger partial charge in [-0.05, 0) is 44.4 Å². The second-order valence-electron chi connectivity index (χ2n) is 6.50. The first kappa shape index (κ1) is 25.0. The number of piperidine rings is 1. The Hall–Kier alpha value is -2.04. The fourth-order valence-electron chi connectivity index (χ4n) is 3.04. The van der Waals surface area contributed by atoms with Crippen LogP contribution in [-0.4, -0.2) is 56.3 Å². The maximum atomic E-state index is 11.9. The Bertz CT molecular complexity index is 674. The number of hydrogen-bond donors (Lipinski definition) is 2. The maximum Gasteiger partial charge on any atom is 0.411 e. The predicted molar refractivity (Wildman–Crippen MR) is 124 cm³/mol. The number of methoxy groups -OCH3 is 1. The maximum absolute atomic E-state index is 11.9. The van der Waals surface area contributed by atoms with Gasteiger partial charge < -0.3 is 19.7 Å². The van der Waals surface area contributed by atoms with E-state index in [1.165, 1.54) is 7.11 Å². The van der Waals surface area contributed by atoms with Gasteiger partial charge in [0.05, 0.1) is 26.2 Å². The minimum atomic E-state index is -0.494. The summed E-state index contributed by atoms with van der Waals surface area (Å²) >= 11 is 0. The SMILES string of the molecule is CCNC(=NCc1ccc(NC(=O)OC)cc1)N1CCC(C(=O)OCC)CC1.I. The van der Waals surface area contributed by atoms with Gasteiger partial charge in [0, 0.05) is 25.3 Å². The number of nitrogens with one attached hydrogen (secondary N) is 2. The largest absolute Gasteiger partial charge is 0.466 e. The number of carbonyl (C=O) groups is 2. The molecule has 1 amide bonds. The van der Waals surface area contributed by atoms with Crippen molar-refractivity contribution in [3.05, 3.63) is 29.8 Å². The van der Waals surface area contributed by atoms with E-state index in [1.807, 2.05) is 38.1 Å². The third-order valence-electron chi connectivity index (χ3n) is 4.55. The van der Waals surface area contributed by atoms with Gasteiger partial charge in [-0.2, -0.15) is 0 Å². The van der Waals surface area contributed by atoms with E-state index in [4.69, 9.17) is 9.73 Å². The van der Waals surface area contributed by atoms with Gasteiger partial charge in [0.15, 0.2) is 5.96 Å². The summed E-state index contributed by atoms with van der Waals surface area (Å²) in [5.74, 6) is 0.736. The summed E-state index contributed by atoms with van der Waals surface area (Å²) in [7, 11) is 1.33. The number of carbonyl (C=O) groups excluding carboxylic acids is 2. The molecule has 1 aromatic rings. The molecule has 1 aromatic carbocycles. The number of guanidine groups is 1. The molecule has 0 aliphatic carbocycles. The van der Waals surface area contributed by atoms with E-state index in [2.05, 4.69) is 20.3 Å². The average molecular weight is 518 g/mol. The number of likely N-dealkylation sites (tertiary alicyclic amines) is 1. The lowest BCUT2D eigenvalue weighted by Gasteiger charge is -2.33. The van der Waals surface area contributed by atoms with Crippen LogP contribution in [0.4, 0.5) is 10.5 Å². The van der Waals surface area contributed by atoms with E-state index < -0.39 is 6.09 Å². The summed E-state index contributed by atoms with van der Waals surface area (Å²) in [5.41, 5.74) is 1.71. The number of anilines is 1. The summed E-state index contributed by atoms with van der Waals surface area (Å²) < 4.78 is 9.71. The van der Waals surface area contributed by atoms with Gasteiger partial charge in [0.1, 0.15) is 0 Å². The summed E-state index contributed by atoms with van der Waals surface area (Å²) in [6, 6.07) is 7.48. The molecule has 0 aromatic heterocycles. The van der Waals surface area contributed by atoms with Gasteiger partial charge in [-0.25, -0.2) is 9.79 Å². The zero-order chi connectivity index (χ0) is 20.4. The number of hydrogen-bond acceptors (Lipinski definition) is 5. The minimum Gasteiger partial charge on any atom is -0.466 e.